The number of aliphatic imine (C=N–C) groups is 1. The van der Waals surface area contributed by atoms with E-state index in [1.54, 1.807) is 6.92 Å². The van der Waals surface area contributed by atoms with Gasteiger partial charge in [0.1, 0.15) is 18.1 Å². The highest BCUT2D eigenvalue weighted by Crippen LogP contribution is 2.13. The zero-order valence-corrected chi connectivity index (χ0v) is 23.4. The normalized spacial score (nSPS) is 15.5. The monoisotopic (exact) mass is 547 g/mol. The van der Waals surface area contributed by atoms with E-state index in [1.165, 1.54) is 0 Å². The van der Waals surface area contributed by atoms with Crippen molar-refractivity contribution in [1.82, 2.24) is 16.0 Å². The number of nitrogens with zero attached hydrogens (tertiary/aromatic N) is 1. The van der Waals surface area contributed by atoms with Crippen molar-refractivity contribution in [2.45, 2.75) is 84.0 Å². The second-order valence-electron chi connectivity index (χ2n) is 9.89. The molecule has 1 rings (SSSR count). The number of nitrogens with two attached hydrogens (primary N) is 3. The zero-order chi connectivity index (χ0) is 29.5. The summed E-state index contributed by atoms with van der Waals surface area (Å²) >= 11 is 0. The molecule has 0 saturated carbocycles. The molecule has 1 aromatic carbocycles. The van der Waals surface area contributed by atoms with E-state index in [0.29, 0.717) is 25.7 Å². The molecule has 6 atom stereocenters. The first-order valence-electron chi connectivity index (χ1n) is 13.4. The van der Waals surface area contributed by atoms with Crippen LogP contribution in [0.5, 0.6) is 0 Å². The van der Waals surface area contributed by atoms with Crippen LogP contribution in [-0.2, 0) is 25.6 Å². The summed E-state index contributed by atoms with van der Waals surface area (Å²) in [4.78, 5) is 55.0. The fourth-order valence-corrected chi connectivity index (χ4v) is 3.89. The summed E-state index contributed by atoms with van der Waals surface area (Å²) in [5.74, 6) is -3.50. The Morgan fingerprint density at radius 1 is 0.872 bits per heavy atom. The molecule has 218 valence electrons. The van der Waals surface area contributed by atoms with Crippen LogP contribution in [0, 0.1) is 11.8 Å². The Labute approximate surface area is 230 Å². The average Bonchev–Trinajstić information content (AvgIpc) is 2.90. The van der Waals surface area contributed by atoms with Gasteiger partial charge in [0.15, 0.2) is 5.96 Å². The lowest BCUT2D eigenvalue weighted by atomic mass is 9.94. The molecular formula is C27H45N7O5. The molecule has 39 heavy (non-hydrogen) atoms. The van der Waals surface area contributed by atoms with E-state index in [1.807, 2.05) is 51.1 Å². The van der Waals surface area contributed by atoms with Gasteiger partial charge in [0.25, 0.3) is 0 Å². The maximum absolute atomic E-state index is 13.4. The van der Waals surface area contributed by atoms with Gasteiger partial charge in [-0.2, -0.15) is 0 Å². The van der Waals surface area contributed by atoms with Gasteiger partial charge in [-0.3, -0.25) is 19.4 Å². The number of hydrogen-bond donors (Lipinski definition) is 7. The topological polar surface area (TPSA) is 215 Å². The minimum absolute atomic E-state index is 0.101. The van der Waals surface area contributed by atoms with Crippen LogP contribution in [-0.4, -0.2) is 65.5 Å². The van der Waals surface area contributed by atoms with E-state index in [0.717, 1.165) is 5.56 Å². The van der Waals surface area contributed by atoms with Gasteiger partial charge in [-0.05, 0) is 36.7 Å². The molecule has 0 bridgehead atoms. The molecule has 0 aromatic heterocycles. The second kappa shape index (κ2) is 17.0. The molecule has 0 saturated heterocycles. The smallest absolute Gasteiger partial charge is 0.326 e. The number of carbonyl (C=O) groups excluding carboxylic acids is 3. The molecule has 12 heteroatoms. The number of nitrogens with one attached hydrogen (secondary N) is 3. The standard InChI is InChI=1S/C27H45N7O5/c1-5-16(3)21(24(36)32-20(26(38)39)13-10-14-31-27(29)30)34-25(37)22(17(4)6-2)33-23(35)19(28)15-18-11-8-7-9-12-18/h7-9,11-12,16-17,19-22H,5-6,10,13-15,28H2,1-4H3,(H,32,36)(H,33,35)(H,34,37)(H,38,39)(H4,29,30,31). The van der Waals surface area contributed by atoms with Gasteiger partial charge >= 0.3 is 5.97 Å². The van der Waals surface area contributed by atoms with Crippen LogP contribution in [0.1, 0.15) is 58.9 Å². The maximum atomic E-state index is 13.4. The largest absolute Gasteiger partial charge is 0.480 e. The molecule has 10 N–H and O–H groups in total. The Hall–Kier alpha value is -3.67. The SMILES string of the molecule is CCC(C)C(NC(=O)C(N)Cc1ccccc1)C(=O)NC(C(=O)NC(CCCN=C(N)N)C(=O)O)C(C)CC. The second-order valence-corrected chi connectivity index (χ2v) is 9.89. The lowest BCUT2D eigenvalue weighted by Crippen LogP contribution is -2.60. The van der Waals surface area contributed by atoms with Gasteiger partial charge in [0, 0.05) is 6.54 Å². The number of benzene rings is 1. The van der Waals surface area contributed by atoms with Crippen LogP contribution >= 0.6 is 0 Å². The van der Waals surface area contributed by atoms with Crippen molar-refractivity contribution in [1.29, 1.82) is 0 Å². The lowest BCUT2D eigenvalue weighted by Gasteiger charge is -2.30. The van der Waals surface area contributed by atoms with E-state index in [4.69, 9.17) is 17.2 Å². The average molecular weight is 548 g/mol. The van der Waals surface area contributed by atoms with E-state index >= 15 is 0 Å². The summed E-state index contributed by atoms with van der Waals surface area (Å²) in [6.07, 6.45) is 1.87. The predicted octanol–water partition coefficient (Wildman–Crippen LogP) is 0.241. The quantitative estimate of drug-likeness (QED) is 0.0812. The number of carboxylic acid groups (broad SMARTS) is 1. The summed E-state index contributed by atoms with van der Waals surface area (Å²) in [5, 5.41) is 17.6. The number of aliphatic carboxylic acids is 1. The van der Waals surface area contributed by atoms with Gasteiger partial charge in [-0.15, -0.1) is 0 Å². The molecule has 6 unspecified atom stereocenters. The van der Waals surface area contributed by atoms with Crippen molar-refractivity contribution < 1.29 is 24.3 Å². The molecule has 0 fully saturated rings. The highest BCUT2D eigenvalue weighted by atomic mass is 16.4. The fraction of sp³-hybridized carbons (Fsp3) is 0.593. The van der Waals surface area contributed by atoms with Crippen molar-refractivity contribution in [3.05, 3.63) is 35.9 Å². The van der Waals surface area contributed by atoms with E-state index in [2.05, 4.69) is 20.9 Å². The molecule has 1 aromatic rings. The zero-order valence-electron chi connectivity index (χ0n) is 23.4. The van der Waals surface area contributed by atoms with Crippen molar-refractivity contribution >= 4 is 29.7 Å². The van der Waals surface area contributed by atoms with Crippen LogP contribution in [0.4, 0.5) is 0 Å². The van der Waals surface area contributed by atoms with Gasteiger partial charge in [-0.1, -0.05) is 70.9 Å². The van der Waals surface area contributed by atoms with Gasteiger partial charge in [0.2, 0.25) is 17.7 Å². The first-order valence-corrected chi connectivity index (χ1v) is 13.4. The van der Waals surface area contributed by atoms with Crippen molar-refractivity contribution in [3.63, 3.8) is 0 Å². The van der Waals surface area contributed by atoms with Gasteiger partial charge < -0.3 is 38.3 Å². The van der Waals surface area contributed by atoms with Crippen LogP contribution < -0.4 is 33.2 Å². The fourth-order valence-electron chi connectivity index (χ4n) is 3.89. The summed E-state index contributed by atoms with van der Waals surface area (Å²) < 4.78 is 0. The third kappa shape index (κ3) is 11.7. The van der Waals surface area contributed by atoms with Crippen LogP contribution in [0.3, 0.4) is 0 Å². The third-order valence-electron chi connectivity index (χ3n) is 6.78. The molecule has 0 aliphatic heterocycles. The molecule has 0 aliphatic rings. The number of guanidine groups is 1. The minimum Gasteiger partial charge on any atom is -0.480 e. The number of carboxylic acids is 1. The predicted molar refractivity (Wildman–Crippen MR) is 150 cm³/mol. The highest BCUT2D eigenvalue weighted by molar-refractivity contribution is 5.94. The molecule has 0 aliphatic carbocycles. The Morgan fingerprint density at radius 3 is 1.87 bits per heavy atom. The number of carbonyl (C=O) groups is 4. The summed E-state index contributed by atoms with van der Waals surface area (Å²) in [7, 11) is 0. The molecular weight excluding hydrogens is 502 g/mol. The molecule has 3 amide bonds. The Balaban J connectivity index is 2.97. The van der Waals surface area contributed by atoms with E-state index < -0.39 is 47.9 Å². The highest BCUT2D eigenvalue weighted by Gasteiger charge is 2.34. The van der Waals surface area contributed by atoms with E-state index in [-0.39, 0.29) is 30.8 Å². The first-order chi connectivity index (χ1) is 18.4. The number of rotatable bonds is 17. The maximum Gasteiger partial charge on any atom is 0.326 e. The van der Waals surface area contributed by atoms with Crippen LogP contribution in [0.25, 0.3) is 0 Å². The first kappa shape index (κ1) is 33.4. The van der Waals surface area contributed by atoms with Gasteiger partial charge in [-0.25, -0.2) is 4.79 Å². The number of hydrogen-bond acceptors (Lipinski definition) is 6. The Bertz CT molecular complexity index is 969. The molecule has 0 heterocycles. The molecule has 0 radical (unpaired) electrons. The van der Waals surface area contributed by atoms with Crippen molar-refractivity contribution in [3.8, 4) is 0 Å². The van der Waals surface area contributed by atoms with Crippen LogP contribution in [0.15, 0.2) is 35.3 Å². The summed E-state index contributed by atoms with van der Waals surface area (Å²) in [6.45, 7) is 7.57. The Kier molecular flexibility index (Phi) is 14.6. The molecule has 0 spiro atoms. The minimum atomic E-state index is -1.21. The molecule has 12 nitrogen and oxygen atoms in total. The van der Waals surface area contributed by atoms with Crippen molar-refractivity contribution in [2.75, 3.05) is 6.54 Å². The third-order valence-corrected chi connectivity index (χ3v) is 6.78. The number of amides is 3. The van der Waals surface area contributed by atoms with E-state index in [9.17, 15) is 24.3 Å². The van der Waals surface area contributed by atoms with Gasteiger partial charge in [0.05, 0.1) is 6.04 Å². The Morgan fingerprint density at radius 2 is 1.38 bits per heavy atom. The van der Waals surface area contributed by atoms with Crippen molar-refractivity contribution in [2.24, 2.45) is 34.0 Å². The van der Waals surface area contributed by atoms with Crippen LogP contribution in [0.2, 0.25) is 0 Å². The lowest BCUT2D eigenvalue weighted by molar-refractivity contribution is -0.143. The summed E-state index contributed by atoms with van der Waals surface area (Å²) in [5.41, 5.74) is 17.6. The summed E-state index contributed by atoms with van der Waals surface area (Å²) in [6, 6.07) is 5.32.